The third-order valence-corrected chi connectivity index (χ3v) is 4.27. The number of hydrogen-bond donors (Lipinski definition) is 0. The molecule has 3 rings (SSSR count). The second-order valence-corrected chi connectivity index (χ2v) is 5.99. The fourth-order valence-electron chi connectivity index (χ4n) is 2.72. The zero-order valence-electron chi connectivity index (χ0n) is 15.4. The van der Waals surface area contributed by atoms with Gasteiger partial charge >= 0.3 is 6.09 Å². The molecular weight excluding hydrogens is 364 g/mol. The number of non-ortho nitro benzene ring substituents is 1. The van der Waals surface area contributed by atoms with E-state index >= 15 is 0 Å². The molecule has 0 fully saturated rings. The Labute approximate surface area is 161 Å². The summed E-state index contributed by atoms with van der Waals surface area (Å²) in [6.07, 6.45) is 1.03. The van der Waals surface area contributed by atoms with Gasteiger partial charge in [0, 0.05) is 31.3 Å². The topological polar surface area (TPSA) is 99.0 Å². The van der Waals surface area contributed by atoms with Gasteiger partial charge in [-0.1, -0.05) is 0 Å². The number of rotatable bonds is 5. The first kappa shape index (κ1) is 19.1. The highest BCUT2D eigenvalue weighted by molar-refractivity contribution is 6.14. The number of nitrogens with zero attached hydrogens (tertiary/aromatic N) is 2. The van der Waals surface area contributed by atoms with E-state index in [2.05, 4.69) is 0 Å². The molecule has 28 heavy (non-hydrogen) atoms. The lowest BCUT2D eigenvalue weighted by molar-refractivity contribution is -0.384. The number of amides is 1. The van der Waals surface area contributed by atoms with Crippen LogP contribution in [0.25, 0.3) is 6.08 Å². The fraction of sp³-hybridized carbons (Fsp3) is 0.200. The van der Waals surface area contributed by atoms with Crippen LogP contribution in [0, 0.1) is 10.1 Å². The first-order valence-corrected chi connectivity index (χ1v) is 8.72. The average Bonchev–Trinajstić information content (AvgIpc) is 2.98. The number of allylic oxidation sites excluding steroid dienone is 1. The summed E-state index contributed by atoms with van der Waals surface area (Å²) in [7, 11) is 0. The molecule has 0 saturated heterocycles. The molecule has 0 N–H and O–H groups in total. The molecule has 0 spiro atoms. The first-order valence-electron chi connectivity index (χ1n) is 8.72. The van der Waals surface area contributed by atoms with Crippen molar-refractivity contribution >= 4 is 23.6 Å². The Balaban J connectivity index is 1.79. The molecule has 2 aromatic carbocycles. The van der Waals surface area contributed by atoms with Gasteiger partial charge < -0.3 is 14.4 Å². The number of ether oxygens (including phenoxy) is 2. The molecular formula is C20H18N2O6. The Kier molecular flexibility index (Phi) is 5.39. The predicted octanol–water partition coefficient (Wildman–Crippen LogP) is 4.05. The Bertz CT molecular complexity index is 961. The molecule has 0 aromatic heterocycles. The maximum Gasteiger partial charge on any atom is 0.415 e. The standard InChI is InChI=1S/C20H18N2O6/c1-3-21(4-2)20(24)27-15-9-10-16-17(12-15)28-18(19(16)23)11-13-5-7-14(8-6-13)22(25)26/h5-12H,3-4H2,1-2H3/b18-11-. The van der Waals surface area contributed by atoms with E-state index in [9.17, 15) is 19.7 Å². The summed E-state index contributed by atoms with van der Waals surface area (Å²) < 4.78 is 10.9. The van der Waals surface area contributed by atoms with Gasteiger partial charge in [-0.25, -0.2) is 4.79 Å². The normalized spacial score (nSPS) is 13.8. The number of Topliss-reactive ketones (excluding diaryl/α,β-unsaturated/α-hetero) is 1. The third kappa shape index (κ3) is 3.85. The van der Waals surface area contributed by atoms with Gasteiger partial charge in [0.25, 0.3) is 5.69 Å². The smallest absolute Gasteiger partial charge is 0.415 e. The van der Waals surface area contributed by atoms with Crippen molar-refractivity contribution in [2.24, 2.45) is 0 Å². The van der Waals surface area contributed by atoms with Crippen molar-refractivity contribution < 1.29 is 24.0 Å². The molecule has 0 saturated carbocycles. The van der Waals surface area contributed by atoms with Crippen molar-refractivity contribution in [2.75, 3.05) is 13.1 Å². The highest BCUT2D eigenvalue weighted by Crippen LogP contribution is 2.35. The van der Waals surface area contributed by atoms with E-state index in [0.29, 0.717) is 30.0 Å². The Morgan fingerprint density at radius 1 is 1.18 bits per heavy atom. The molecule has 0 atom stereocenters. The molecule has 0 bridgehead atoms. The van der Waals surface area contributed by atoms with Gasteiger partial charge in [-0.15, -0.1) is 0 Å². The van der Waals surface area contributed by atoms with Crippen LogP contribution < -0.4 is 9.47 Å². The van der Waals surface area contributed by atoms with E-state index in [4.69, 9.17) is 9.47 Å². The van der Waals surface area contributed by atoms with E-state index in [-0.39, 0.29) is 23.0 Å². The molecule has 1 amide bonds. The molecule has 0 radical (unpaired) electrons. The molecule has 144 valence electrons. The van der Waals surface area contributed by atoms with Crippen LogP contribution in [0.2, 0.25) is 0 Å². The average molecular weight is 382 g/mol. The summed E-state index contributed by atoms with van der Waals surface area (Å²) in [6, 6.07) is 10.3. The lowest BCUT2D eigenvalue weighted by Gasteiger charge is -2.17. The maximum atomic E-state index is 12.5. The third-order valence-electron chi connectivity index (χ3n) is 4.27. The van der Waals surface area contributed by atoms with Gasteiger partial charge in [-0.2, -0.15) is 0 Å². The molecule has 8 nitrogen and oxygen atoms in total. The number of hydrogen-bond acceptors (Lipinski definition) is 6. The van der Waals surface area contributed by atoms with Crippen molar-refractivity contribution in [3.63, 3.8) is 0 Å². The van der Waals surface area contributed by atoms with Crippen LogP contribution in [0.15, 0.2) is 48.2 Å². The van der Waals surface area contributed by atoms with Gasteiger partial charge in [0.2, 0.25) is 5.78 Å². The van der Waals surface area contributed by atoms with Crippen LogP contribution in [0.4, 0.5) is 10.5 Å². The maximum absolute atomic E-state index is 12.5. The number of fused-ring (bicyclic) bond motifs is 1. The molecule has 1 heterocycles. The van der Waals surface area contributed by atoms with Crippen LogP contribution >= 0.6 is 0 Å². The summed E-state index contributed by atoms with van der Waals surface area (Å²) >= 11 is 0. The summed E-state index contributed by atoms with van der Waals surface area (Å²) in [6.45, 7) is 4.75. The number of ketones is 1. The SMILES string of the molecule is CCN(CC)C(=O)Oc1ccc2c(c1)O/C(=C\c1ccc([N+](=O)[O-])cc1)C2=O. The van der Waals surface area contributed by atoms with E-state index in [1.54, 1.807) is 6.07 Å². The van der Waals surface area contributed by atoms with Crippen molar-refractivity contribution in [3.05, 3.63) is 69.5 Å². The zero-order valence-corrected chi connectivity index (χ0v) is 15.4. The van der Waals surface area contributed by atoms with Crippen molar-refractivity contribution in [1.29, 1.82) is 0 Å². The highest BCUT2D eigenvalue weighted by atomic mass is 16.6. The van der Waals surface area contributed by atoms with Crippen molar-refractivity contribution in [1.82, 2.24) is 4.90 Å². The lowest BCUT2D eigenvalue weighted by atomic mass is 10.1. The quantitative estimate of drug-likeness (QED) is 0.439. The number of carbonyl (C=O) groups excluding carboxylic acids is 2. The second kappa shape index (κ2) is 7.91. The number of nitro benzene ring substituents is 1. The van der Waals surface area contributed by atoms with Gasteiger partial charge in [-0.05, 0) is 49.8 Å². The van der Waals surface area contributed by atoms with Crippen LogP contribution in [-0.2, 0) is 0 Å². The first-order chi connectivity index (χ1) is 13.4. The van der Waals surface area contributed by atoms with Gasteiger partial charge in [-0.3, -0.25) is 14.9 Å². The number of nitro groups is 1. The van der Waals surface area contributed by atoms with Gasteiger partial charge in [0.05, 0.1) is 10.5 Å². The summed E-state index contributed by atoms with van der Waals surface area (Å²) in [4.78, 5) is 36.3. The van der Waals surface area contributed by atoms with Crippen molar-refractivity contribution in [2.45, 2.75) is 13.8 Å². The molecule has 0 unspecified atom stereocenters. The summed E-state index contributed by atoms with van der Waals surface area (Å²) in [5, 5.41) is 10.7. The molecule has 1 aliphatic heterocycles. The predicted molar refractivity (Wildman–Crippen MR) is 101 cm³/mol. The number of benzene rings is 2. The lowest BCUT2D eigenvalue weighted by Crippen LogP contribution is -2.33. The molecule has 0 aliphatic carbocycles. The minimum Gasteiger partial charge on any atom is -0.452 e. The summed E-state index contributed by atoms with van der Waals surface area (Å²) in [5.74, 6) is 0.356. The van der Waals surface area contributed by atoms with E-state index in [1.807, 2.05) is 13.8 Å². The van der Waals surface area contributed by atoms with Crippen LogP contribution in [-0.4, -0.2) is 34.8 Å². The monoisotopic (exact) mass is 382 g/mol. The zero-order chi connectivity index (χ0) is 20.3. The Morgan fingerprint density at radius 2 is 1.86 bits per heavy atom. The Hall–Kier alpha value is -3.68. The Morgan fingerprint density at radius 3 is 2.46 bits per heavy atom. The van der Waals surface area contributed by atoms with Crippen LogP contribution in [0.1, 0.15) is 29.8 Å². The van der Waals surface area contributed by atoms with Crippen LogP contribution in [0.3, 0.4) is 0 Å². The largest absolute Gasteiger partial charge is 0.452 e. The van der Waals surface area contributed by atoms with Crippen LogP contribution in [0.5, 0.6) is 11.5 Å². The molecule has 2 aromatic rings. The fourth-order valence-corrected chi connectivity index (χ4v) is 2.72. The van der Waals surface area contributed by atoms with E-state index in [1.165, 1.54) is 47.4 Å². The van der Waals surface area contributed by atoms with E-state index < -0.39 is 11.0 Å². The van der Waals surface area contributed by atoms with E-state index in [0.717, 1.165) is 0 Å². The van der Waals surface area contributed by atoms with Gasteiger partial charge in [0.15, 0.2) is 5.76 Å². The number of carbonyl (C=O) groups is 2. The van der Waals surface area contributed by atoms with Crippen molar-refractivity contribution in [3.8, 4) is 11.5 Å². The second-order valence-electron chi connectivity index (χ2n) is 5.99. The molecule has 1 aliphatic rings. The highest BCUT2D eigenvalue weighted by Gasteiger charge is 2.28. The summed E-state index contributed by atoms with van der Waals surface area (Å²) in [5.41, 5.74) is 0.912. The van der Waals surface area contributed by atoms with Gasteiger partial charge in [0.1, 0.15) is 11.5 Å². The minimum absolute atomic E-state index is 0.0382. The minimum atomic E-state index is -0.495. The molecule has 8 heteroatoms.